The Hall–Kier alpha value is -1.97. The van der Waals surface area contributed by atoms with E-state index in [1.807, 2.05) is 13.0 Å². The lowest BCUT2D eigenvalue weighted by Crippen LogP contribution is -2.37. The van der Waals surface area contributed by atoms with E-state index in [2.05, 4.69) is 4.72 Å². The number of fused-ring (bicyclic) bond motifs is 1. The van der Waals surface area contributed by atoms with E-state index >= 15 is 0 Å². The quantitative estimate of drug-likeness (QED) is 0.791. The van der Waals surface area contributed by atoms with E-state index in [1.165, 1.54) is 16.4 Å². The highest BCUT2D eigenvalue weighted by Crippen LogP contribution is 2.26. The van der Waals surface area contributed by atoms with Crippen LogP contribution in [0.5, 0.6) is 0 Å². The van der Waals surface area contributed by atoms with E-state index < -0.39 is 25.9 Å². The largest absolute Gasteiger partial charge is 0.280 e. The molecular formula is C18H21FN2O4S2. The number of halogens is 1. The van der Waals surface area contributed by atoms with Gasteiger partial charge in [0.2, 0.25) is 10.0 Å². The van der Waals surface area contributed by atoms with Gasteiger partial charge in [0.1, 0.15) is 5.82 Å². The monoisotopic (exact) mass is 412 g/mol. The number of sulfonamides is 2. The molecule has 0 amide bonds. The lowest BCUT2D eigenvalue weighted by molar-refractivity contribution is 0.391. The molecule has 0 unspecified atom stereocenters. The van der Waals surface area contributed by atoms with Gasteiger partial charge in [-0.3, -0.25) is 4.72 Å². The van der Waals surface area contributed by atoms with Gasteiger partial charge in [-0.1, -0.05) is 13.0 Å². The number of rotatable bonds is 6. The topological polar surface area (TPSA) is 83.6 Å². The molecule has 1 aliphatic heterocycles. The molecule has 0 aromatic heterocycles. The van der Waals surface area contributed by atoms with E-state index in [0.29, 0.717) is 25.1 Å². The summed E-state index contributed by atoms with van der Waals surface area (Å²) in [4.78, 5) is -0.0474. The number of hydrogen-bond donors (Lipinski definition) is 1. The number of hydrogen-bond acceptors (Lipinski definition) is 4. The van der Waals surface area contributed by atoms with E-state index in [1.54, 1.807) is 12.1 Å². The first-order valence-electron chi connectivity index (χ1n) is 8.59. The molecule has 1 N–H and O–H groups in total. The molecule has 6 nitrogen and oxygen atoms in total. The summed E-state index contributed by atoms with van der Waals surface area (Å²) in [5.74, 6) is -0.421. The van der Waals surface area contributed by atoms with Crippen molar-refractivity contribution in [2.24, 2.45) is 0 Å². The molecule has 1 heterocycles. The zero-order chi connectivity index (χ0) is 19.7. The molecule has 1 aliphatic rings. The minimum Gasteiger partial charge on any atom is -0.280 e. The van der Waals surface area contributed by atoms with Crippen LogP contribution in [0.25, 0.3) is 0 Å². The standard InChI is InChI=1S/C18H21FN2O4S2/c1-2-11-26(22,23)21-10-9-14-3-6-17(12-15(14)13-21)20-27(24,25)18-7-4-16(19)5-8-18/h3-8,12,20H,2,9-11,13H2,1H3. The average Bonchev–Trinajstić information content (AvgIpc) is 2.61. The van der Waals surface area contributed by atoms with Crippen LogP contribution in [0.3, 0.4) is 0 Å². The predicted octanol–water partition coefficient (Wildman–Crippen LogP) is 2.72. The third-order valence-corrected chi connectivity index (χ3v) is 7.83. The number of anilines is 1. The van der Waals surface area contributed by atoms with Gasteiger partial charge in [0, 0.05) is 18.8 Å². The van der Waals surface area contributed by atoms with Crippen molar-refractivity contribution in [3.63, 3.8) is 0 Å². The molecule has 0 atom stereocenters. The van der Waals surface area contributed by atoms with Crippen molar-refractivity contribution in [1.82, 2.24) is 4.31 Å². The molecule has 0 saturated heterocycles. The Morgan fingerprint density at radius 1 is 1.04 bits per heavy atom. The fraction of sp³-hybridized carbons (Fsp3) is 0.333. The first kappa shape index (κ1) is 19.8. The van der Waals surface area contributed by atoms with Crippen LogP contribution in [0, 0.1) is 5.82 Å². The summed E-state index contributed by atoms with van der Waals surface area (Å²) in [5, 5.41) is 0. The summed E-state index contributed by atoms with van der Waals surface area (Å²) < 4.78 is 66.4. The zero-order valence-corrected chi connectivity index (χ0v) is 16.5. The fourth-order valence-corrected chi connectivity index (χ4v) is 5.58. The van der Waals surface area contributed by atoms with E-state index in [4.69, 9.17) is 0 Å². The van der Waals surface area contributed by atoms with Gasteiger partial charge in [0.25, 0.3) is 10.0 Å². The van der Waals surface area contributed by atoms with Crippen LogP contribution in [0.1, 0.15) is 24.5 Å². The Morgan fingerprint density at radius 2 is 1.74 bits per heavy atom. The minimum absolute atomic E-state index is 0.0474. The van der Waals surface area contributed by atoms with Gasteiger partial charge in [-0.15, -0.1) is 0 Å². The second-order valence-electron chi connectivity index (χ2n) is 6.44. The molecule has 9 heteroatoms. The molecule has 2 aromatic rings. The molecule has 2 aromatic carbocycles. The molecular weight excluding hydrogens is 391 g/mol. The summed E-state index contributed by atoms with van der Waals surface area (Å²) in [6.07, 6.45) is 1.13. The van der Waals surface area contributed by atoms with Gasteiger partial charge in [-0.2, -0.15) is 4.31 Å². The summed E-state index contributed by atoms with van der Waals surface area (Å²) in [7, 11) is -7.17. The normalized spacial score (nSPS) is 15.3. The van der Waals surface area contributed by atoms with Gasteiger partial charge in [-0.25, -0.2) is 21.2 Å². The molecule has 0 bridgehead atoms. The first-order valence-corrected chi connectivity index (χ1v) is 11.7. The van der Waals surface area contributed by atoms with Crippen LogP contribution in [0.2, 0.25) is 0 Å². The Labute approximate surface area is 159 Å². The van der Waals surface area contributed by atoms with Gasteiger partial charge >= 0.3 is 0 Å². The maximum Gasteiger partial charge on any atom is 0.261 e. The van der Waals surface area contributed by atoms with Crippen molar-refractivity contribution in [3.05, 3.63) is 59.4 Å². The molecule has 0 spiro atoms. The molecule has 0 radical (unpaired) electrons. The number of nitrogens with zero attached hydrogens (tertiary/aromatic N) is 1. The van der Waals surface area contributed by atoms with Gasteiger partial charge in [0.15, 0.2) is 0 Å². The van der Waals surface area contributed by atoms with E-state index in [-0.39, 0.29) is 17.2 Å². The van der Waals surface area contributed by atoms with Crippen molar-refractivity contribution in [2.45, 2.75) is 31.2 Å². The summed E-state index contributed by atoms with van der Waals surface area (Å²) >= 11 is 0. The van der Waals surface area contributed by atoms with E-state index in [9.17, 15) is 21.2 Å². The summed E-state index contributed by atoms with van der Waals surface area (Å²) in [6, 6.07) is 9.65. The molecule has 3 rings (SSSR count). The minimum atomic E-state index is -3.86. The van der Waals surface area contributed by atoms with E-state index in [0.717, 1.165) is 23.3 Å². The Kier molecular flexibility index (Phi) is 5.55. The lowest BCUT2D eigenvalue weighted by atomic mass is 10.0. The fourth-order valence-electron chi connectivity index (χ4n) is 3.05. The zero-order valence-electron chi connectivity index (χ0n) is 14.9. The highest BCUT2D eigenvalue weighted by Gasteiger charge is 2.26. The van der Waals surface area contributed by atoms with Crippen LogP contribution in [-0.2, 0) is 33.0 Å². The van der Waals surface area contributed by atoms with Crippen LogP contribution in [-0.4, -0.2) is 33.4 Å². The van der Waals surface area contributed by atoms with Crippen LogP contribution >= 0.6 is 0 Å². The lowest BCUT2D eigenvalue weighted by Gasteiger charge is -2.28. The smallest absolute Gasteiger partial charge is 0.261 e. The summed E-state index contributed by atoms with van der Waals surface area (Å²) in [6.45, 7) is 2.47. The van der Waals surface area contributed by atoms with Crippen LogP contribution < -0.4 is 4.72 Å². The summed E-state index contributed by atoms with van der Waals surface area (Å²) in [5.41, 5.74) is 2.12. The second-order valence-corrected chi connectivity index (χ2v) is 10.2. The van der Waals surface area contributed by atoms with Crippen molar-refractivity contribution in [1.29, 1.82) is 0 Å². The van der Waals surface area contributed by atoms with Crippen LogP contribution in [0.15, 0.2) is 47.4 Å². The van der Waals surface area contributed by atoms with Gasteiger partial charge in [-0.05, 0) is 60.4 Å². The average molecular weight is 413 g/mol. The highest BCUT2D eigenvalue weighted by molar-refractivity contribution is 7.92. The maximum absolute atomic E-state index is 13.0. The van der Waals surface area contributed by atoms with Gasteiger partial charge in [0.05, 0.1) is 10.6 Å². The SMILES string of the molecule is CCCS(=O)(=O)N1CCc2ccc(NS(=O)(=O)c3ccc(F)cc3)cc2C1. The third kappa shape index (κ3) is 4.48. The first-order chi connectivity index (χ1) is 12.7. The van der Waals surface area contributed by atoms with Crippen molar-refractivity contribution in [3.8, 4) is 0 Å². The van der Waals surface area contributed by atoms with Crippen molar-refractivity contribution < 1.29 is 21.2 Å². The Bertz CT molecular complexity index is 1040. The predicted molar refractivity (Wildman–Crippen MR) is 102 cm³/mol. The molecule has 0 aliphatic carbocycles. The number of nitrogens with one attached hydrogen (secondary N) is 1. The van der Waals surface area contributed by atoms with Crippen molar-refractivity contribution in [2.75, 3.05) is 17.0 Å². The highest BCUT2D eigenvalue weighted by atomic mass is 32.2. The molecule has 0 saturated carbocycles. The Balaban J connectivity index is 1.83. The van der Waals surface area contributed by atoms with Crippen LogP contribution in [0.4, 0.5) is 10.1 Å². The molecule has 146 valence electrons. The molecule has 0 fully saturated rings. The van der Waals surface area contributed by atoms with Gasteiger partial charge < -0.3 is 0 Å². The Morgan fingerprint density at radius 3 is 2.41 bits per heavy atom. The number of benzene rings is 2. The second kappa shape index (κ2) is 7.57. The third-order valence-electron chi connectivity index (χ3n) is 4.42. The maximum atomic E-state index is 13.0. The molecule has 27 heavy (non-hydrogen) atoms. The van der Waals surface area contributed by atoms with Crippen molar-refractivity contribution >= 4 is 25.7 Å².